The lowest BCUT2D eigenvalue weighted by Crippen LogP contribution is -2.48. The van der Waals surface area contributed by atoms with Gasteiger partial charge in [0.2, 0.25) is 0 Å². The molecule has 0 saturated heterocycles. The molecule has 0 aromatic heterocycles. The molecular formula is C24H39F3N2O+. The second-order valence-electron chi connectivity index (χ2n) is 8.03. The van der Waals surface area contributed by atoms with Crippen molar-refractivity contribution >= 4 is 5.91 Å². The average Bonchev–Trinajstić information content (AvgIpc) is 2.73. The fourth-order valence-corrected chi connectivity index (χ4v) is 3.62. The van der Waals surface area contributed by atoms with E-state index in [1.54, 1.807) is 18.2 Å². The van der Waals surface area contributed by atoms with Crippen LogP contribution in [0, 0.1) is 0 Å². The van der Waals surface area contributed by atoms with Gasteiger partial charge in [-0.2, -0.15) is 0 Å². The van der Waals surface area contributed by atoms with Crippen molar-refractivity contribution in [1.29, 1.82) is 0 Å². The van der Waals surface area contributed by atoms with Crippen molar-refractivity contribution in [3.05, 3.63) is 35.9 Å². The van der Waals surface area contributed by atoms with E-state index in [0.29, 0.717) is 6.42 Å². The van der Waals surface area contributed by atoms with Crippen molar-refractivity contribution in [2.24, 2.45) is 5.73 Å². The second-order valence-corrected chi connectivity index (χ2v) is 8.03. The van der Waals surface area contributed by atoms with E-state index in [4.69, 9.17) is 5.73 Å². The Morgan fingerprint density at radius 3 is 1.50 bits per heavy atom. The summed E-state index contributed by atoms with van der Waals surface area (Å²) in [4.78, 5) is 12.2. The topological polar surface area (TPSA) is 49.0 Å². The van der Waals surface area contributed by atoms with Crippen molar-refractivity contribution in [2.45, 2.75) is 96.2 Å². The fourth-order valence-electron chi connectivity index (χ4n) is 3.62. The van der Waals surface area contributed by atoms with Gasteiger partial charge in [0.15, 0.2) is 0 Å². The van der Waals surface area contributed by atoms with Crippen LogP contribution in [-0.2, 0) is 0 Å². The van der Waals surface area contributed by atoms with Crippen LogP contribution in [0.4, 0.5) is 13.2 Å². The van der Waals surface area contributed by atoms with Gasteiger partial charge in [-0.25, -0.2) is 4.79 Å². The van der Waals surface area contributed by atoms with Crippen LogP contribution >= 0.6 is 0 Å². The van der Waals surface area contributed by atoms with Crippen molar-refractivity contribution in [1.82, 2.24) is 4.90 Å². The number of hydrogen-bond acceptors (Lipinski definition) is 2. The molecule has 1 radical (unpaired) electrons. The van der Waals surface area contributed by atoms with Gasteiger partial charge in [-0.05, 0) is 31.5 Å². The molecule has 1 rings (SSSR count). The van der Waals surface area contributed by atoms with Crippen LogP contribution in [0.25, 0.3) is 0 Å². The van der Waals surface area contributed by atoms with Gasteiger partial charge in [0.05, 0.1) is 5.56 Å². The summed E-state index contributed by atoms with van der Waals surface area (Å²) in [5.41, 5.74) is 5.55. The molecular weight excluding hydrogens is 389 g/mol. The molecule has 2 N–H and O–H groups in total. The number of alkyl halides is 3. The molecule has 0 aliphatic rings. The van der Waals surface area contributed by atoms with Crippen molar-refractivity contribution in [3.63, 3.8) is 0 Å². The first-order valence-corrected chi connectivity index (χ1v) is 11.6. The first-order valence-electron chi connectivity index (χ1n) is 11.6. The minimum absolute atomic E-state index is 0.0400. The molecule has 0 fully saturated rings. The van der Waals surface area contributed by atoms with Gasteiger partial charge >= 0.3 is 12.2 Å². The van der Waals surface area contributed by atoms with Crippen molar-refractivity contribution in [3.8, 4) is 0 Å². The summed E-state index contributed by atoms with van der Waals surface area (Å²) in [6.07, 6.45) is 10.9. The number of nitrogens with two attached hydrogens (primary N) is 1. The normalized spacial score (nSPS) is 11.9. The molecule has 3 nitrogen and oxygen atoms in total. The number of halogens is 3. The highest BCUT2D eigenvalue weighted by Gasteiger charge is 2.53. The highest BCUT2D eigenvalue weighted by Crippen LogP contribution is 2.22. The van der Waals surface area contributed by atoms with Gasteiger partial charge in [0, 0.05) is 11.3 Å². The van der Waals surface area contributed by atoms with Crippen LogP contribution < -0.4 is 10.6 Å². The summed E-state index contributed by atoms with van der Waals surface area (Å²) in [6.45, 7) is 0.523. The highest BCUT2D eigenvalue weighted by molar-refractivity contribution is 5.96. The van der Waals surface area contributed by atoms with Crippen LogP contribution in [0.2, 0.25) is 0 Å². The van der Waals surface area contributed by atoms with E-state index in [9.17, 15) is 18.0 Å². The van der Waals surface area contributed by atoms with E-state index in [1.165, 1.54) is 63.5 Å². The molecule has 171 valence electrons. The van der Waals surface area contributed by atoms with E-state index in [1.807, 2.05) is 0 Å². The molecule has 1 aromatic carbocycles. The maximum absolute atomic E-state index is 13.2. The number of rotatable bonds is 17. The summed E-state index contributed by atoms with van der Waals surface area (Å²) >= 11 is 0. The van der Waals surface area contributed by atoms with Crippen LogP contribution in [0.3, 0.4) is 0 Å². The zero-order valence-corrected chi connectivity index (χ0v) is 18.3. The number of unbranched alkanes of at least 4 members (excludes halogenated alkanes) is 13. The highest BCUT2D eigenvalue weighted by atomic mass is 19.4. The van der Waals surface area contributed by atoms with Crippen LogP contribution in [0.5, 0.6) is 0 Å². The lowest BCUT2D eigenvalue weighted by atomic mass is 10.0. The lowest BCUT2D eigenvalue weighted by molar-refractivity contribution is -0.187. The fraction of sp³-hybridized carbons (Fsp3) is 0.708. The summed E-state index contributed by atoms with van der Waals surface area (Å²) in [7, 11) is 0. The van der Waals surface area contributed by atoms with Crippen LogP contribution in [0.15, 0.2) is 30.3 Å². The quantitative estimate of drug-likeness (QED) is 0.166. The summed E-state index contributed by atoms with van der Waals surface area (Å²) in [5.74, 6) is -0.970. The molecule has 6 heteroatoms. The number of nitrogens with zero attached hydrogens (tertiary/aromatic N) is 1. The summed E-state index contributed by atoms with van der Waals surface area (Å²) in [6, 6.07) is 7.67. The SMILES string of the molecule is NCCCCCCCCCCCCCCCC[N+](C(=O)c1ccccc1)C(F)(F)F. The smallest absolute Gasteiger partial charge is 0.330 e. The Kier molecular flexibility index (Phi) is 14.5. The molecule has 0 aliphatic heterocycles. The molecule has 0 spiro atoms. The van der Waals surface area contributed by atoms with Crippen LogP contribution in [-0.4, -0.2) is 25.3 Å². The van der Waals surface area contributed by atoms with E-state index in [0.717, 1.165) is 38.6 Å². The predicted molar refractivity (Wildman–Crippen MR) is 118 cm³/mol. The van der Waals surface area contributed by atoms with E-state index < -0.39 is 12.2 Å². The van der Waals surface area contributed by atoms with E-state index >= 15 is 0 Å². The number of amides is 1. The van der Waals surface area contributed by atoms with Crippen molar-refractivity contribution < 1.29 is 18.0 Å². The zero-order valence-electron chi connectivity index (χ0n) is 18.3. The standard InChI is InChI=1S/C24H39F3N2O/c25-24(26,27)29(23(30)22-18-14-13-15-19-22)21-17-12-10-8-6-4-2-1-3-5-7-9-11-16-20-28/h13-15,18-19H,1-12,16-17,20-21,28H2/q+1. The molecule has 0 aliphatic carbocycles. The van der Waals surface area contributed by atoms with Gasteiger partial charge in [-0.3, -0.25) is 0 Å². The van der Waals surface area contributed by atoms with Gasteiger partial charge in [0.1, 0.15) is 6.54 Å². The van der Waals surface area contributed by atoms with Crippen molar-refractivity contribution in [2.75, 3.05) is 13.1 Å². The van der Waals surface area contributed by atoms with Gasteiger partial charge in [0.25, 0.3) is 0 Å². The first-order chi connectivity index (χ1) is 14.5. The average molecular weight is 429 g/mol. The molecule has 0 unspecified atom stereocenters. The Morgan fingerprint density at radius 2 is 1.10 bits per heavy atom. The Bertz CT molecular complexity index is 549. The lowest BCUT2D eigenvalue weighted by Gasteiger charge is -2.12. The molecule has 30 heavy (non-hydrogen) atoms. The second kappa shape index (κ2) is 16.3. The minimum atomic E-state index is -4.64. The Labute approximate surface area is 180 Å². The molecule has 0 saturated carbocycles. The molecule has 1 aromatic rings. The third kappa shape index (κ3) is 12.3. The van der Waals surface area contributed by atoms with E-state index in [2.05, 4.69) is 0 Å². The van der Waals surface area contributed by atoms with Gasteiger partial charge in [-0.1, -0.05) is 88.8 Å². The zero-order chi connectivity index (χ0) is 22.1. The molecule has 0 atom stereocenters. The third-order valence-electron chi connectivity index (χ3n) is 5.41. The molecule has 0 bridgehead atoms. The van der Waals surface area contributed by atoms with E-state index in [-0.39, 0.29) is 17.0 Å². The number of hydrogen-bond donors (Lipinski definition) is 1. The van der Waals surface area contributed by atoms with Gasteiger partial charge in [-0.15, -0.1) is 13.2 Å². The Hall–Kier alpha value is -1.40. The maximum Gasteiger partial charge on any atom is 0.615 e. The Balaban J connectivity index is 2.05. The van der Waals surface area contributed by atoms with Crippen LogP contribution in [0.1, 0.15) is 100 Å². The largest absolute Gasteiger partial charge is 0.615 e. The number of benzene rings is 1. The number of carbonyl (C=O) groups is 1. The minimum Gasteiger partial charge on any atom is -0.330 e. The monoisotopic (exact) mass is 428 g/mol. The Morgan fingerprint density at radius 1 is 0.700 bits per heavy atom. The van der Waals surface area contributed by atoms with Gasteiger partial charge < -0.3 is 5.73 Å². The third-order valence-corrected chi connectivity index (χ3v) is 5.41. The molecule has 1 amide bonds. The molecule has 0 heterocycles. The first kappa shape index (κ1) is 26.6. The maximum atomic E-state index is 13.2. The predicted octanol–water partition coefficient (Wildman–Crippen LogP) is 6.91. The summed E-state index contributed by atoms with van der Waals surface area (Å²) in [5, 5.41) is 0. The summed E-state index contributed by atoms with van der Waals surface area (Å²) < 4.78 is 39.7. The number of carbonyl (C=O) groups excluding carboxylic acids is 1.